The Morgan fingerprint density at radius 3 is 1.91 bits per heavy atom. The predicted octanol–water partition coefficient (Wildman–Crippen LogP) is 4.94. The van der Waals surface area contributed by atoms with Gasteiger partial charge in [-0.2, -0.15) is 13.2 Å². The molecule has 0 heterocycles. The highest BCUT2D eigenvalue weighted by molar-refractivity contribution is 5.55. The molecule has 0 atom stereocenters. The van der Waals surface area contributed by atoms with Gasteiger partial charge >= 0.3 is 12.5 Å². The van der Waals surface area contributed by atoms with Crippen molar-refractivity contribution in [2.24, 2.45) is 0 Å². The molecule has 0 amide bonds. The van der Waals surface area contributed by atoms with E-state index in [1.807, 2.05) is 0 Å². The maximum atomic E-state index is 13.3. The second kappa shape index (κ2) is 4.48. The van der Waals surface area contributed by atoms with Gasteiger partial charge in [0.05, 0.1) is 5.41 Å². The lowest BCUT2D eigenvalue weighted by Gasteiger charge is -2.24. The maximum absolute atomic E-state index is 13.3. The lowest BCUT2D eigenvalue weighted by Crippen LogP contribution is -2.29. The molecule has 0 radical (unpaired) electrons. The van der Waals surface area contributed by atoms with Gasteiger partial charge in [-0.1, -0.05) is 6.92 Å². The molecule has 2 saturated carbocycles. The molecule has 2 fully saturated rings. The number of aromatic hydroxyl groups is 1. The molecule has 1 N–H and O–H groups in total. The molecule has 1 aromatic rings. The van der Waals surface area contributed by atoms with Gasteiger partial charge in [0.1, 0.15) is 11.5 Å². The van der Waals surface area contributed by atoms with Gasteiger partial charge in [0, 0.05) is 17.2 Å². The second-order valence-electron chi connectivity index (χ2n) is 6.55. The average molecular weight is 340 g/mol. The van der Waals surface area contributed by atoms with Gasteiger partial charge in [0.25, 0.3) is 0 Å². The highest BCUT2D eigenvalue weighted by Crippen LogP contribution is 2.62. The summed E-state index contributed by atoms with van der Waals surface area (Å²) in [7, 11) is 0. The van der Waals surface area contributed by atoms with Crippen LogP contribution in [0.2, 0.25) is 0 Å². The monoisotopic (exact) mass is 340 g/mol. The lowest BCUT2D eigenvalue weighted by molar-refractivity contribution is -0.275. The highest BCUT2D eigenvalue weighted by atomic mass is 19.4. The fraction of sp³-hybridized carbons (Fsp3) is 0.600. The predicted molar refractivity (Wildman–Crippen MR) is 68.3 cm³/mol. The van der Waals surface area contributed by atoms with Crippen LogP contribution in [-0.4, -0.2) is 17.6 Å². The number of phenols is 1. The van der Waals surface area contributed by atoms with Crippen molar-refractivity contribution >= 4 is 0 Å². The van der Waals surface area contributed by atoms with Crippen LogP contribution >= 0.6 is 0 Å². The summed E-state index contributed by atoms with van der Waals surface area (Å²) in [5.41, 5.74) is -3.10. The van der Waals surface area contributed by atoms with E-state index in [9.17, 15) is 31.4 Å². The van der Waals surface area contributed by atoms with E-state index in [0.717, 1.165) is 6.07 Å². The molecular formula is C15H14F6O2. The average Bonchev–Trinajstić information content (AvgIpc) is 3.22. The number of benzene rings is 1. The van der Waals surface area contributed by atoms with E-state index in [0.29, 0.717) is 18.9 Å². The van der Waals surface area contributed by atoms with E-state index in [-0.39, 0.29) is 24.0 Å². The molecule has 2 aliphatic rings. The van der Waals surface area contributed by atoms with Gasteiger partial charge in [0.15, 0.2) is 0 Å². The highest BCUT2D eigenvalue weighted by Gasteiger charge is 2.65. The minimum Gasteiger partial charge on any atom is -0.508 e. The van der Waals surface area contributed by atoms with Crippen LogP contribution in [0, 0.1) is 0 Å². The Labute approximate surface area is 128 Å². The molecule has 0 spiro atoms. The summed E-state index contributed by atoms with van der Waals surface area (Å²) in [6.07, 6.45) is -8.78. The lowest BCUT2D eigenvalue weighted by atomic mass is 9.88. The third-order valence-electron chi connectivity index (χ3n) is 4.78. The van der Waals surface area contributed by atoms with Crippen LogP contribution in [0.1, 0.15) is 43.7 Å². The van der Waals surface area contributed by atoms with Crippen molar-refractivity contribution < 1.29 is 36.2 Å². The Hall–Kier alpha value is -1.60. The van der Waals surface area contributed by atoms with Crippen molar-refractivity contribution in [2.75, 3.05) is 0 Å². The van der Waals surface area contributed by atoms with Crippen molar-refractivity contribution in [3.8, 4) is 11.5 Å². The number of hydrogen-bond acceptors (Lipinski definition) is 2. The summed E-state index contributed by atoms with van der Waals surface area (Å²) in [5, 5.41) is 9.89. The summed E-state index contributed by atoms with van der Waals surface area (Å²) in [5.74, 6) is -1.44. The summed E-state index contributed by atoms with van der Waals surface area (Å²) in [4.78, 5) is 0. The first-order valence-electron chi connectivity index (χ1n) is 7.08. The summed E-state index contributed by atoms with van der Waals surface area (Å²) in [6, 6.07) is 1.71. The summed E-state index contributed by atoms with van der Waals surface area (Å²) >= 11 is 0. The molecule has 23 heavy (non-hydrogen) atoms. The molecule has 8 heteroatoms. The number of phenolic OH excluding ortho intramolecular Hbond substituents is 1. The van der Waals surface area contributed by atoms with E-state index >= 15 is 0 Å². The summed E-state index contributed by atoms with van der Waals surface area (Å²) < 4.78 is 81.2. The number of ether oxygens (including phenoxy) is 1. The maximum Gasteiger partial charge on any atom is 0.573 e. The SMILES string of the molecule is CC1(c2cc(C3(C(F)(F)F)CC3)c(O)cc2OC(F)(F)F)CC1. The molecule has 3 rings (SSSR count). The smallest absolute Gasteiger partial charge is 0.508 e. The van der Waals surface area contributed by atoms with Gasteiger partial charge in [0.2, 0.25) is 0 Å². The van der Waals surface area contributed by atoms with E-state index in [2.05, 4.69) is 4.74 Å². The van der Waals surface area contributed by atoms with E-state index < -0.39 is 34.9 Å². The van der Waals surface area contributed by atoms with Crippen LogP contribution in [0.5, 0.6) is 11.5 Å². The third kappa shape index (κ3) is 2.72. The standard InChI is InChI=1S/C15H14F6O2/c1-12(2-3-12)9-6-8(13(4-5-13)14(16,17)18)10(22)7-11(9)23-15(19,20)21/h6-7,22H,2-5H2,1H3. The minimum absolute atomic E-state index is 0.0677. The fourth-order valence-corrected chi connectivity index (χ4v) is 2.92. The Kier molecular flexibility index (Phi) is 3.17. The second-order valence-corrected chi connectivity index (χ2v) is 6.55. The zero-order chi connectivity index (χ0) is 17.3. The van der Waals surface area contributed by atoms with Crippen molar-refractivity contribution in [2.45, 2.75) is 56.0 Å². The molecule has 2 nitrogen and oxygen atoms in total. The van der Waals surface area contributed by atoms with Crippen LogP contribution < -0.4 is 4.74 Å². The molecule has 0 aromatic heterocycles. The molecule has 0 unspecified atom stereocenters. The number of hydrogen-bond donors (Lipinski definition) is 1. The molecule has 0 bridgehead atoms. The van der Waals surface area contributed by atoms with Crippen molar-refractivity contribution in [1.29, 1.82) is 0 Å². The molecule has 128 valence electrons. The van der Waals surface area contributed by atoms with Crippen molar-refractivity contribution in [3.05, 3.63) is 23.3 Å². The summed E-state index contributed by atoms with van der Waals surface area (Å²) in [6.45, 7) is 1.67. The van der Waals surface area contributed by atoms with Crippen molar-refractivity contribution in [3.63, 3.8) is 0 Å². The van der Waals surface area contributed by atoms with E-state index in [1.54, 1.807) is 6.92 Å². The van der Waals surface area contributed by atoms with E-state index in [1.165, 1.54) is 0 Å². The minimum atomic E-state index is -4.98. The molecule has 2 aliphatic carbocycles. The Bertz CT molecular complexity index is 639. The number of halogens is 6. The first-order valence-corrected chi connectivity index (χ1v) is 7.08. The van der Waals surface area contributed by atoms with Crippen molar-refractivity contribution in [1.82, 2.24) is 0 Å². The molecule has 0 saturated heterocycles. The first-order chi connectivity index (χ1) is 10.4. The third-order valence-corrected chi connectivity index (χ3v) is 4.78. The number of rotatable bonds is 3. The zero-order valence-electron chi connectivity index (χ0n) is 12.1. The van der Waals surface area contributed by atoms with Crippen LogP contribution in [0.25, 0.3) is 0 Å². The Morgan fingerprint density at radius 1 is 0.957 bits per heavy atom. The van der Waals surface area contributed by atoms with Gasteiger partial charge in [-0.25, -0.2) is 0 Å². The van der Waals surface area contributed by atoms with Crippen LogP contribution in [-0.2, 0) is 10.8 Å². The molecule has 1 aromatic carbocycles. The normalized spacial score (nSPS) is 21.9. The molecule has 0 aliphatic heterocycles. The van der Waals surface area contributed by atoms with Gasteiger partial charge < -0.3 is 9.84 Å². The van der Waals surface area contributed by atoms with Gasteiger partial charge in [-0.05, 0) is 37.2 Å². The quantitative estimate of drug-likeness (QED) is 0.790. The fourth-order valence-electron chi connectivity index (χ4n) is 2.92. The Morgan fingerprint density at radius 2 is 1.52 bits per heavy atom. The molecular weight excluding hydrogens is 326 g/mol. The first kappa shape index (κ1) is 16.3. The van der Waals surface area contributed by atoms with Gasteiger partial charge in [-0.15, -0.1) is 13.2 Å². The largest absolute Gasteiger partial charge is 0.573 e. The zero-order valence-corrected chi connectivity index (χ0v) is 12.1. The van der Waals surface area contributed by atoms with E-state index in [4.69, 9.17) is 0 Å². The Balaban J connectivity index is 2.11. The van der Waals surface area contributed by atoms with Gasteiger partial charge in [-0.3, -0.25) is 0 Å². The topological polar surface area (TPSA) is 29.5 Å². The van der Waals surface area contributed by atoms with Crippen LogP contribution in [0.4, 0.5) is 26.3 Å². The van der Waals surface area contributed by atoms with Crippen LogP contribution in [0.3, 0.4) is 0 Å². The van der Waals surface area contributed by atoms with Crippen LogP contribution in [0.15, 0.2) is 12.1 Å². The number of alkyl halides is 6.